The molecule has 1 aliphatic heterocycles. The van der Waals surface area contributed by atoms with Gasteiger partial charge in [-0.2, -0.15) is 5.26 Å². The molecule has 1 saturated heterocycles. The van der Waals surface area contributed by atoms with E-state index in [9.17, 15) is 15.2 Å². The number of hydrogen-bond acceptors (Lipinski definition) is 4. The minimum absolute atomic E-state index is 0.00215. The molecular formula is C24H26N2O3. The van der Waals surface area contributed by atoms with Gasteiger partial charge in [-0.15, -0.1) is 0 Å². The molecule has 29 heavy (non-hydrogen) atoms. The first-order valence-electron chi connectivity index (χ1n) is 10.3. The summed E-state index contributed by atoms with van der Waals surface area (Å²) in [5.74, 6) is 0.615. The van der Waals surface area contributed by atoms with Crippen LogP contribution in [0, 0.1) is 17.2 Å². The lowest BCUT2D eigenvalue weighted by atomic mass is 9.73. The Hall–Kier alpha value is -2.84. The van der Waals surface area contributed by atoms with Crippen LogP contribution in [0.2, 0.25) is 0 Å². The third-order valence-electron chi connectivity index (χ3n) is 6.41. The number of nitrogens with zero attached hydrogens (tertiary/aromatic N) is 2. The molecule has 1 amide bonds. The average Bonchev–Trinajstić information content (AvgIpc) is 3.29. The summed E-state index contributed by atoms with van der Waals surface area (Å²) < 4.78 is 5.25. The van der Waals surface area contributed by atoms with Crippen LogP contribution < -0.4 is 4.74 Å². The number of methoxy groups -OCH3 is 1. The fourth-order valence-corrected chi connectivity index (χ4v) is 4.89. The van der Waals surface area contributed by atoms with Crippen molar-refractivity contribution in [1.82, 2.24) is 4.90 Å². The fourth-order valence-electron chi connectivity index (χ4n) is 4.89. The summed E-state index contributed by atoms with van der Waals surface area (Å²) in [6.07, 6.45) is 3.90. The van der Waals surface area contributed by atoms with Gasteiger partial charge >= 0.3 is 0 Å². The Balaban J connectivity index is 1.67. The highest BCUT2D eigenvalue weighted by Crippen LogP contribution is 2.45. The molecule has 2 fully saturated rings. The lowest BCUT2D eigenvalue weighted by Gasteiger charge is -2.52. The number of aliphatic hydroxyl groups excluding tert-OH is 1. The molecule has 1 N–H and O–H groups in total. The smallest absolute Gasteiger partial charge is 0.227 e. The van der Waals surface area contributed by atoms with Gasteiger partial charge in [0.2, 0.25) is 5.91 Å². The number of likely N-dealkylation sites (tertiary alicyclic amines) is 1. The maximum absolute atomic E-state index is 13.0. The third kappa shape index (κ3) is 3.38. The van der Waals surface area contributed by atoms with Crippen molar-refractivity contribution in [3.8, 4) is 22.9 Å². The molecule has 1 saturated carbocycles. The highest BCUT2D eigenvalue weighted by Gasteiger charge is 2.53. The molecular weight excluding hydrogens is 364 g/mol. The summed E-state index contributed by atoms with van der Waals surface area (Å²) in [5, 5.41) is 20.0. The van der Waals surface area contributed by atoms with E-state index in [1.165, 1.54) is 0 Å². The van der Waals surface area contributed by atoms with Crippen LogP contribution >= 0.6 is 0 Å². The summed E-state index contributed by atoms with van der Waals surface area (Å²) in [6, 6.07) is 17.2. The SMILES string of the molecule is COc1ccc(-c2ccccc2[C@@H]2[C@H](C#N)N(C(=O)C3CCCC3)[C@H]2CO)cc1. The number of benzene rings is 2. The number of ether oxygens (including phenoxy) is 1. The monoisotopic (exact) mass is 390 g/mol. The highest BCUT2D eigenvalue weighted by molar-refractivity contribution is 5.82. The van der Waals surface area contributed by atoms with Crippen molar-refractivity contribution in [2.75, 3.05) is 13.7 Å². The van der Waals surface area contributed by atoms with Crippen molar-refractivity contribution in [3.05, 3.63) is 54.1 Å². The highest BCUT2D eigenvalue weighted by atomic mass is 16.5. The molecule has 4 rings (SSSR count). The summed E-state index contributed by atoms with van der Waals surface area (Å²) >= 11 is 0. The van der Waals surface area contributed by atoms with E-state index in [1.807, 2.05) is 48.5 Å². The molecule has 2 aromatic rings. The molecule has 1 heterocycles. The number of aliphatic hydroxyl groups is 1. The first-order chi connectivity index (χ1) is 14.2. The molecule has 5 nitrogen and oxygen atoms in total. The van der Waals surface area contributed by atoms with E-state index in [0.29, 0.717) is 0 Å². The van der Waals surface area contributed by atoms with Crippen molar-refractivity contribution in [2.45, 2.75) is 43.7 Å². The number of amides is 1. The molecule has 3 atom stereocenters. The zero-order valence-electron chi connectivity index (χ0n) is 16.6. The van der Waals surface area contributed by atoms with Gasteiger partial charge in [0.1, 0.15) is 11.8 Å². The van der Waals surface area contributed by atoms with Gasteiger partial charge in [0.05, 0.1) is 25.8 Å². The van der Waals surface area contributed by atoms with Gasteiger partial charge in [-0.3, -0.25) is 4.79 Å². The topological polar surface area (TPSA) is 73.6 Å². The molecule has 2 aromatic carbocycles. The Labute approximate surface area is 171 Å². The summed E-state index contributed by atoms with van der Waals surface area (Å²) in [4.78, 5) is 14.7. The van der Waals surface area contributed by atoms with Crippen LogP contribution in [0.5, 0.6) is 5.75 Å². The molecule has 0 aromatic heterocycles. The lowest BCUT2D eigenvalue weighted by molar-refractivity contribution is -0.151. The van der Waals surface area contributed by atoms with Crippen molar-refractivity contribution in [3.63, 3.8) is 0 Å². The lowest BCUT2D eigenvalue weighted by Crippen LogP contribution is -2.66. The van der Waals surface area contributed by atoms with Gasteiger partial charge in [0.15, 0.2) is 0 Å². The second-order valence-electron chi connectivity index (χ2n) is 7.89. The zero-order chi connectivity index (χ0) is 20.4. The van der Waals surface area contributed by atoms with Crippen LogP contribution in [0.4, 0.5) is 0 Å². The second-order valence-corrected chi connectivity index (χ2v) is 7.89. The first-order valence-corrected chi connectivity index (χ1v) is 10.3. The van der Waals surface area contributed by atoms with Crippen molar-refractivity contribution in [2.24, 2.45) is 5.92 Å². The normalized spacial score (nSPS) is 24.0. The quantitative estimate of drug-likeness (QED) is 0.844. The van der Waals surface area contributed by atoms with Crippen LogP contribution in [-0.4, -0.2) is 41.7 Å². The summed E-state index contributed by atoms with van der Waals surface area (Å²) in [5.41, 5.74) is 3.04. The Morgan fingerprint density at radius 3 is 2.48 bits per heavy atom. The number of carbonyl (C=O) groups excluding carboxylic acids is 1. The number of hydrogen-bond donors (Lipinski definition) is 1. The Morgan fingerprint density at radius 1 is 1.17 bits per heavy atom. The van der Waals surface area contributed by atoms with Gasteiger partial charge in [0.25, 0.3) is 0 Å². The standard InChI is InChI=1S/C24H26N2O3/c1-29-18-12-10-16(11-13-18)19-8-4-5-9-20(19)23-21(14-25)26(22(23)15-27)24(28)17-6-2-3-7-17/h4-5,8-13,17,21-23,27H,2-3,6-7,15H2,1H3/t21-,22-,23+/m0/s1. The fraction of sp³-hybridized carbons (Fsp3) is 0.417. The van der Waals surface area contributed by atoms with Crippen LogP contribution in [0.3, 0.4) is 0 Å². The van der Waals surface area contributed by atoms with Crippen molar-refractivity contribution >= 4 is 5.91 Å². The Kier molecular flexibility index (Phi) is 5.55. The molecule has 5 heteroatoms. The van der Waals surface area contributed by atoms with Crippen LogP contribution in [0.15, 0.2) is 48.5 Å². The van der Waals surface area contributed by atoms with Gasteiger partial charge in [-0.05, 0) is 41.7 Å². The molecule has 0 radical (unpaired) electrons. The van der Waals surface area contributed by atoms with E-state index in [0.717, 1.165) is 48.1 Å². The van der Waals surface area contributed by atoms with E-state index in [-0.39, 0.29) is 30.4 Å². The predicted molar refractivity (Wildman–Crippen MR) is 110 cm³/mol. The van der Waals surface area contributed by atoms with Crippen LogP contribution in [-0.2, 0) is 4.79 Å². The minimum Gasteiger partial charge on any atom is -0.497 e. The molecule has 1 aliphatic carbocycles. The second kappa shape index (κ2) is 8.26. The van der Waals surface area contributed by atoms with Gasteiger partial charge < -0.3 is 14.7 Å². The van der Waals surface area contributed by atoms with E-state index < -0.39 is 6.04 Å². The largest absolute Gasteiger partial charge is 0.497 e. The van der Waals surface area contributed by atoms with Crippen LogP contribution in [0.1, 0.15) is 37.2 Å². The van der Waals surface area contributed by atoms with Gasteiger partial charge in [-0.1, -0.05) is 49.2 Å². The van der Waals surface area contributed by atoms with E-state index in [2.05, 4.69) is 6.07 Å². The van der Waals surface area contributed by atoms with Crippen LogP contribution in [0.25, 0.3) is 11.1 Å². The Morgan fingerprint density at radius 2 is 1.86 bits per heavy atom. The first kappa shape index (κ1) is 19.5. The molecule has 0 bridgehead atoms. The van der Waals surface area contributed by atoms with E-state index in [1.54, 1.807) is 12.0 Å². The average molecular weight is 390 g/mol. The van der Waals surface area contributed by atoms with Gasteiger partial charge in [-0.25, -0.2) is 0 Å². The summed E-state index contributed by atoms with van der Waals surface area (Å²) in [6.45, 7) is -0.141. The minimum atomic E-state index is -0.542. The predicted octanol–water partition coefficient (Wildman–Crippen LogP) is 3.73. The summed E-state index contributed by atoms with van der Waals surface area (Å²) in [7, 11) is 1.64. The van der Waals surface area contributed by atoms with Crippen molar-refractivity contribution < 1.29 is 14.6 Å². The molecule has 0 spiro atoms. The van der Waals surface area contributed by atoms with E-state index in [4.69, 9.17) is 4.74 Å². The van der Waals surface area contributed by atoms with Crippen molar-refractivity contribution in [1.29, 1.82) is 5.26 Å². The Bertz CT molecular complexity index is 912. The van der Waals surface area contributed by atoms with E-state index >= 15 is 0 Å². The maximum atomic E-state index is 13.0. The zero-order valence-corrected chi connectivity index (χ0v) is 16.6. The molecule has 150 valence electrons. The number of carbonyl (C=O) groups is 1. The maximum Gasteiger partial charge on any atom is 0.227 e. The molecule has 2 aliphatic rings. The molecule has 0 unspecified atom stereocenters. The number of nitriles is 1. The van der Waals surface area contributed by atoms with Gasteiger partial charge in [0, 0.05) is 11.8 Å². The number of rotatable bonds is 5. The third-order valence-corrected chi connectivity index (χ3v) is 6.41.